The molecule has 1 amide bonds. The highest BCUT2D eigenvalue weighted by Crippen LogP contribution is 2.24. The second kappa shape index (κ2) is 6.69. The standard InChI is InChI=1S/C13H16N2O3S3/c1-9-8-12(20-10(9)2)21(17,18)15-6-5-14-13(16)11-4-3-7-19-11/h3-4,7-8,15H,5-6H2,1-2H3,(H,14,16). The monoisotopic (exact) mass is 344 g/mol. The van der Waals surface area contributed by atoms with E-state index < -0.39 is 10.0 Å². The smallest absolute Gasteiger partial charge is 0.261 e. The van der Waals surface area contributed by atoms with Gasteiger partial charge in [0, 0.05) is 18.0 Å². The van der Waals surface area contributed by atoms with Crippen molar-refractivity contribution in [2.45, 2.75) is 18.1 Å². The van der Waals surface area contributed by atoms with Crippen molar-refractivity contribution in [3.8, 4) is 0 Å². The lowest BCUT2D eigenvalue weighted by atomic mass is 10.3. The number of thiophene rings is 2. The summed E-state index contributed by atoms with van der Waals surface area (Å²) in [7, 11) is -3.49. The Labute approximate surface area is 132 Å². The zero-order valence-electron chi connectivity index (χ0n) is 11.7. The highest BCUT2D eigenvalue weighted by atomic mass is 32.2. The van der Waals surface area contributed by atoms with Crippen molar-refractivity contribution in [1.29, 1.82) is 0 Å². The summed E-state index contributed by atoms with van der Waals surface area (Å²) in [5.74, 6) is -0.188. The number of hydrogen-bond acceptors (Lipinski definition) is 5. The summed E-state index contributed by atoms with van der Waals surface area (Å²) >= 11 is 2.59. The summed E-state index contributed by atoms with van der Waals surface area (Å²) < 4.78 is 26.9. The average molecular weight is 344 g/mol. The third-order valence-electron chi connectivity index (χ3n) is 2.86. The van der Waals surface area contributed by atoms with Gasteiger partial charge in [-0.3, -0.25) is 4.79 Å². The van der Waals surface area contributed by atoms with Crippen LogP contribution in [0, 0.1) is 13.8 Å². The minimum Gasteiger partial charge on any atom is -0.350 e. The van der Waals surface area contributed by atoms with E-state index in [1.165, 1.54) is 22.7 Å². The van der Waals surface area contributed by atoms with Crippen LogP contribution in [0.5, 0.6) is 0 Å². The Morgan fingerprint density at radius 1 is 1.29 bits per heavy atom. The van der Waals surface area contributed by atoms with E-state index in [4.69, 9.17) is 0 Å². The third kappa shape index (κ3) is 4.13. The van der Waals surface area contributed by atoms with Gasteiger partial charge in [-0.05, 0) is 36.9 Å². The molecule has 0 atom stereocenters. The van der Waals surface area contributed by atoms with Gasteiger partial charge in [-0.2, -0.15) is 0 Å². The summed E-state index contributed by atoms with van der Waals surface area (Å²) in [6.07, 6.45) is 0. The van der Waals surface area contributed by atoms with Crippen molar-refractivity contribution in [3.05, 3.63) is 38.9 Å². The van der Waals surface area contributed by atoms with Gasteiger partial charge in [0.1, 0.15) is 4.21 Å². The van der Waals surface area contributed by atoms with E-state index in [1.54, 1.807) is 18.2 Å². The molecule has 8 heteroatoms. The Hall–Kier alpha value is -1.22. The molecule has 0 bridgehead atoms. The second-order valence-electron chi connectivity index (χ2n) is 4.44. The lowest BCUT2D eigenvalue weighted by molar-refractivity contribution is 0.0958. The summed E-state index contributed by atoms with van der Waals surface area (Å²) in [4.78, 5) is 13.3. The summed E-state index contributed by atoms with van der Waals surface area (Å²) in [6, 6.07) is 5.18. The summed E-state index contributed by atoms with van der Waals surface area (Å²) in [6.45, 7) is 4.18. The molecule has 0 aliphatic carbocycles. The molecule has 5 nitrogen and oxygen atoms in total. The Morgan fingerprint density at radius 2 is 2.05 bits per heavy atom. The molecule has 0 radical (unpaired) electrons. The van der Waals surface area contributed by atoms with Crippen molar-refractivity contribution in [2.75, 3.05) is 13.1 Å². The quantitative estimate of drug-likeness (QED) is 0.788. The fourth-order valence-electron chi connectivity index (χ4n) is 1.60. The molecule has 2 aromatic heterocycles. The molecule has 0 aromatic carbocycles. The first kappa shape index (κ1) is 16.2. The van der Waals surface area contributed by atoms with Gasteiger partial charge in [0.2, 0.25) is 10.0 Å². The Bertz CT molecular complexity index is 698. The van der Waals surface area contributed by atoms with Gasteiger partial charge in [-0.1, -0.05) is 6.07 Å². The number of carbonyl (C=O) groups excluding carboxylic acids is 1. The number of sulfonamides is 1. The van der Waals surface area contributed by atoms with Gasteiger partial charge in [-0.25, -0.2) is 13.1 Å². The van der Waals surface area contributed by atoms with Crippen LogP contribution in [-0.2, 0) is 10.0 Å². The number of carbonyl (C=O) groups is 1. The molecule has 114 valence electrons. The van der Waals surface area contributed by atoms with Crippen LogP contribution in [0.1, 0.15) is 20.1 Å². The summed E-state index contributed by atoms with van der Waals surface area (Å²) in [5, 5.41) is 4.49. The van der Waals surface area contributed by atoms with E-state index in [0.29, 0.717) is 9.09 Å². The molecule has 0 unspecified atom stereocenters. The minimum atomic E-state index is -3.49. The first-order valence-corrected chi connectivity index (χ1v) is 9.46. The van der Waals surface area contributed by atoms with E-state index in [0.717, 1.165) is 10.4 Å². The third-order valence-corrected chi connectivity index (χ3v) is 6.81. The van der Waals surface area contributed by atoms with Gasteiger partial charge < -0.3 is 5.32 Å². The van der Waals surface area contributed by atoms with Crippen molar-refractivity contribution in [3.63, 3.8) is 0 Å². The highest BCUT2D eigenvalue weighted by molar-refractivity contribution is 7.91. The van der Waals surface area contributed by atoms with Crippen LogP contribution in [-0.4, -0.2) is 27.4 Å². The molecule has 0 fully saturated rings. The van der Waals surface area contributed by atoms with Gasteiger partial charge in [0.15, 0.2) is 0 Å². The van der Waals surface area contributed by atoms with Crippen LogP contribution in [0.15, 0.2) is 27.8 Å². The number of nitrogens with one attached hydrogen (secondary N) is 2. The number of aryl methyl sites for hydroxylation is 2. The number of rotatable bonds is 6. The zero-order chi connectivity index (χ0) is 15.5. The minimum absolute atomic E-state index is 0.162. The molecule has 0 saturated carbocycles. The number of amides is 1. The van der Waals surface area contributed by atoms with E-state index in [1.807, 2.05) is 19.2 Å². The van der Waals surface area contributed by atoms with Crippen LogP contribution >= 0.6 is 22.7 Å². The molecule has 0 saturated heterocycles. The van der Waals surface area contributed by atoms with Crippen LogP contribution < -0.4 is 10.0 Å². The Balaban J connectivity index is 1.84. The molecule has 2 aromatic rings. The van der Waals surface area contributed by atoms with Crippen LogP contribution in [0.3, 0.4) is 0 Å². The van der Waals surface area contributed by atoms with Gasteiger partial charge in [0.25, 0.3) is 5.91 Å². The zero-order valence-corrected chi connectivity index (χ0v) is 14.1. The second-order valence-corrected chi connectivity index (χ2v) is 8.63. The van der Waals surface area contributed by atoms with Crippen molar-refractivity contribution in [2.24, 2.45) is 0 Å². The average Bonchev–Trinajstić information content (AvgIpc) is 3.06. The van der Waals surface area contributed by atoms with Gasteiger partial charge >= 0.3 is 0 Å². The van der Waals surface area contributed by atoms with Crippen molar-refractivity contribution in [1.82, 2.24) is 10.0 Å². The molecule has 21 heavy (non-hydrogen) atoms. The van der Waals surface area contributed by atoms with Crippen molar-refractivity contribution < 1.29 is 13.2 Å². The van der Waals surface area contributed by atoms with Gasteiger partial charge in [-0.15, -0.1) is 22.7 Å². The topological polar surface area (TPSA) is 75.3 Å². The summed E-state index contributed by atoms with van der Waals surface area (Å²) in [5.41, 5.74) is 0.964. The molecule has 0 aliphatic rings. The van der Waals surface area contributed by atoms with E-state index in [-0.39, 0.29) is 19.0 Å². The van der Waals surface area contributed by atoms with Crippen LogP contribution in [0.25, 0.3) is 0 Å². The maximum Gasteiger partial charge on any atom is 0.261 e. The number of hydrogen-bond donors (Lipinski definition) is 2. The first-order valence-electron chi connectivity index (χ1n) is 6.28. The molecular formula is C13H16N2O3S3. The molecule has 0 spiro atoms. The lowest BCUT2D eigenvalue weighted by Gasteiger charge is -2.06. The van der Waals surface area contributed by atoms with E-state index in [9.17, 15) is 13.2 Å². The maximum atomic E-state index is 12.1. The fourth-order valence-corrected chi connectivity index (χ4v) is 4.83. The fraction of sp³-hybridized carbons (Fsp3) is 0.308. The molecule has 2 N–H and O–H groups in total. The predicted octanol–water partition coefficient (Wildman–Crippen LogP) is 2.13. The normalized spacial score (nSPS) is 11.5. The van der Waals surface area contributed by atoms with E-state index >= 15 is 0 Å². The first-order chi connectivity index (χ1) is 9.90. The van der Waals surface area contributed by atoms with Crippen LogP contribution in [0.2, 0.25) is 0 Å². The van der Waals surface area contributed by atoms with Gasteiger partial charge in [0.05, 0.1) is 4.88 Å². The predicted molar refractivity (Wildman–Crippen MR) is 85.6 cm³/mol. The molecule has 0 aliphatic heterocycles. The largest absolute Gasteiger partial charge is 0.350 e. The maximum absolute atomic E-state index is 12.1. The molecule has 2 heterocycles. The lowest BCUT2D eigenvalue weighted by Crippen LogP contribution is -2.34. The Morgan fingerprint density at radius 3 is 2.62 bits per heavy atom. The molecule has 2 rings (SSSR count). The van der Waals surface area contributed by atoms with Crippen molar-refractivity contribution >= 4 is 38.6 Å². The molecular weight excluding hydrogens is 328 g/mol. The SMILES string of the molecule is Cc1cc(S(=O)(=O)NCCNC(=O)c2cccs2)sc1C. The van der Waals surface area contributed by atoms with Crippen LogP contribution in [0.4, 0.5) is 0 Å². The highest BCUT2D eigenvalue weighted by Gasteiger charge is 2.17. The Kier molecular flexibility index (Phi) is 5.15. The van der Waals surface area contributed by atoms with E-state index in [2.05, 4.69) is 10.0 Å².